The van der Waals surface area contributed by atoms with E-state index in [9.17, 15) is 18.7 Å². The molecule has 1 atom stereocenters. The Morgan fingerprint density at radius 2 is 2.08 bits per heavy atom. The number of ether oxygens (including phenoxy) is 1. The van der Waals surface area contributed by atoms with E-state index in [4.69, 9.17) is 4.74 Å². The van der Waals surface area contributed by atoms with Crippen molar-refractivity contribution in [2.75, 3.05) is 13.2 Å². The molecule has 0 radical (unpaired) electrons. The van der Waals surface area contributed by atoms with E-state index in [0.29, 0.717) is 5.56 Å². The van der Waals surface area contributed by atoms with E-state index in [1.54, 1.807) is 0 Å². The highest BCUT2D eigenvalue weighted by molar-refractivity contribution is 5.94. The molecule has 24 heavy (non-hydrogen) atoms. The third kappa shape index (κ3) is 3.54. The Bertz CT molecular complexity index is 758. The second-order valence-electron chi connectivity index (χ2n) is 5.75. The molecule has 2 aromatic carbocycles. The molecule has 3 rings (SSSR count). The van der Waals surface area contributed by atoms with Crippen molar-refractivity contribution < 1.29 is 23.4 Å². The Balaban J connectivity index is 1.81. The average Bonchev–Trinajstić information content (AvgIpc) is 3.07. The maximum absolute atomic E-state index is 13.9. The lowest BCUT2D eigenvalue weighted by atomic mass is 10.0. The third-order valence-corrected chi connectivity index (χ3v) is 4.04. The number of halogens is 2. The van der Waals surface area contributed by atoms with Crippen molar-refractivity contribution in [2.45, 2.75) is 18.9 Å². The van der Waals surface area contributed by atoms with Crippen molar-refractivity contribution in [3.63, 3.8) is 0 Å². The lowest BCUT2D eigenvalue weighted by Crippen LogP contribution is -2.28. The van der Waals surface area contributed by atoms with Gasteiger partial charge in [-0.05, 0) is 49.2 Å². The van der Waals surface area contributed by atoms with Gasteiger partial charge < -0.3 is 15.2 Å². The van der Waals surface area contributed by atoms with Gasteiger partial charge in [0, 0.05) is 17.7 Å². The Morgan fingerprint density at radius 1 is 1.25 bits per heavy atom. The van der Waals surface area contributed by atoms with Gasteiger partial charge in [0.25, 0.3) is 0 Å². The molecule has 0 amide bonds. The van der Waals surface area contributed by atoms with Crippen LogP contribution < -0.4 is 5.32 Å². The quantitative estimate of drug-likeness (QED) is 0.844. The van der Waals surface area contributed by atoms with Gasteiger partial charge in [-0.3, -0.25) is 0 Å². The molecular weight excluding hydrogens is 316 g/mol. The summed E-state index contributed by atoms with van der Waals surface area (Å²) in [5, 5.41) is 13.1. The van der Waals surface area contributed by atoms with Crippen molar-refractivity contribution in [1.82, 2.24) is 5.32 Å². The summed E-state index contributed by atoms with van der Waals surface area (Å²) in [6, 6.07) is 7.41. The molecule has 0 aliphatic carbocycles. The smallest absolute Gasteiger partial charge is 0.341 e. The summed E-state index contributed by atoms with van der Waals surface area (Å²) >= 11 is 0. The van der Waals surface area contributed by atoms with Gasteiger partial charge in [0.15, 0.2) is 0 Å². The van der Waals surface area contributed by atoms with Crippen LogP contribution in [-0.4, -0.2) is 30.3 Å². The van der Waals surface area contributed by atoms with Crippen LogP contribution in [0.25, 0.3) is 11.1 Å². The van der Waals surface area contributed by atoms with E-state index < -0.39 is 17.6 Å². The molecule has 4 nitrogen and oxygen atoms in total. The number of esters is 1. The fourth-order valence-electron chi connectivity index (χ4n) is 2.74. The van der Waals surface area contributed by atoms with Crippen LogP contribution >= 0.6 is 0 Å². The van der Waals surface area contributed by atoms with Gasteiger partial charge in [-0.15, -0.1) is 0 Å². The zero-order valence-corrected chi connectivity index (χ0v) is 12.9. The van der Waals surface area contributed by atoms with Crippen molar-refractivity contribution in [2.24, 2.45) is 0 Å². The lowest BCUT2D eigenvalue weighted by Gasteiger charge is -2.12. The zero-order valence-electron chi connectivity index (χ0n) is 12.9. The standard InChI is InChI=1S/C18H17F2NO3/c19-12-4-5-14(16(20)9-12)11-3-6-17(22)15(8-11)18(23)24-10-13-2-1-7-21-13/h3-6,8-9,13,21-22H,1-2,7,10H2. The van der Waals surface area contributed by atoms with Crippen LogP contribution in [0.5, 0.6) is 5.75 Å². The van der Waals surface area contributed by atoms with E-state index in [1.165, 1.54) is 24.3 Å². The highest BCUT2D eigenvalue weighted by Gasteiger charge is 2.19. The normalized spacial score (nSPS) is 17.0. The minimum atomic E-state index is -0.741. The Labute approximate surface area is 138 Å². The summed E-state index contributed by atoms with van der Waals surface area (Å²) in [6.45, 7) is 1.11. The van der Waals surface area contributed by atoms with Crippen molar-refractivity contribution in [3.8, 4) is 16.9 Å². The van der Waals surface area contributed by atoms with Gasteiger partial charge in [-0.2, -0.15) is 0 Å². The number of benzene rings is 2. The number of hydrogen-bond donors (Lipinski definition) is 2. The van der Waals surface area contributed by atoms with Crippen LogP contribution in [0.1, 0.15) is 23.2 Å². The van der Waals surface area contributed by atoms with Crippen LogP contribution in [0, 0.1) is 11.6 Å². The first-order valence-electron chi connectivity index (χ1n) is 7.73. The van der Waals surface area contributed by atoms with Crippen LogP contribution in [0.2, 0.25) is 0 Å². The molecule has 126 valence electrons. The lowest BCUT2D eigenvalue weighted by molar-refractivity contribution is 0.0470. The molecule has 1 saturated heterocycles. The number of carbonyl (C=O) groups excluding carboxylic acids is 1. The summed E-state index contributed by atoms with van der Waals surface area (Å²) in [4.78, 5) is 12.2. The van der Waals surface area contributed by atoms with Gasteiger partial charge >= 0.3 is 5.97 Å². The number of rotatable bonds is 4. The first-order valence-corrected chi connectivity index (χ1v) is 7.73. The minimum Gasteiger partial charge on any atom is -0.507 e. The first kappa shape index (κ1) is 16.4. The molecule has 1 fully saturated rings. The zero-order chi connectivity index (χ0) is 17.1. The largest absolute Gasteiger partial charge is 0.507 e. The highest BCUT2D eigenvalue weighted by Crippen LogP contribution is 2.28. The maximum atomic E-state index is 13.9. The molecule has 2 aromatic rings. The van der Waals surface area contributed by atoms with Crippen molar-refractivity contribution in [1.29, 1.82) is 0 Å². The van der Waals surface area contributed by atoms with E-state index in [-0.39, 0.29) is 29.5 Å². The second-order valence-corrected chi connectivity index (χ2v) is 5.75. The molecule has 0 bridgehead atoms. The van der Waals surface area contributed by atoms with Crippen LogP contribution in [0.15, 0.2) is 36.4 Å². The number of phenolic OH excluding ortho intramolecular Hbond substituents is 1. The van der Waals surface area contributed by atoms with E-state index in [0.717, 1.165) is 31.5 Å². The molecule has 1 heterocycles. The summed E-state index contributed by atoms with van der Waals surface area (Å²) in [7, 11) is 0. The minimum absolute atomic E-state index is 0.0470. The van der Waals surface area contributed by atoms with Crippen LogP contribution in [0.3, 0.4) is 0 Å². The second kappa shape index (κ2) is 6.97. The molecule has 1 aliphatic heterocycles. The van der Waals surface area contributed by atoms with Gasteiger partial charge in [0.1, 0.15) is 29.6 Å². The fraction of sp³-hybridized carbons (Fsp3) is 0.278. The first-order chi connectivity index (χ1) is 11.5. The predicted molar refractivity (Wildman–Crippen MR) is 84.8 cm³/mol. The van der Waals surface area contributed by atoms with Crippen LogP contribution in [0.4, 0.5) is 8.78 Å². The molecule has 0 aromatic heterocycles. The topological polar surface area (TPSA) is 58.6 Å². The van der Waals surface area contributed by atoms with Crippen molar-refractivity contribution in [3.05, 3.63) is 53.6 Å². The molecule has 2 N–H and O–H groups in total. The number of carbonyl (C=O) groups is 1. The summed E-state index contributed by atoms with van der Waals surface area (Å²) in [5.74, 6) is -2.34. The molecule has 0 saturated carbocycles. The Kier molecular flexibility index (Phi) is 4.76. The van der Waals surface area contributed by atoms with Gasteiger partial charge in [0.2, 0.25) is 0 Å². The Morgan fingerprint density at radius 3 is 2.79 bits per heavy atom. The molecule has 1 aliphatic rings. The van der Waals surface area contributed by atoms with E-state index in [2.05, 4.69) is 5.32 Å². The highest BCUT2D eigenvalue weighted by atomic mass is 19.1. The number of nitrogens with one attached hydrogen (secondary N) is 1. The van der Waals surface area contributed by atoms with Crippen molar-refractivity contribution >= 4 is 5.97 Å². The molecule has 0 spiro atoms. The fourth-order valence-corrected chi connectivity index (χ4v) is 2.74. The summed E-state index contributed by atoms with van der Waals surface area (Å²) in [6.07, 6.45) is 1.97. The van der Waals surface area contributed by atoms with Gasteiger partial charge in [-0.1, -0.05) is 6.07 Å². The van der Waals surface area contributed by atoms with E-state index >= 15 is 0 Å². The summed E-state index contributed by atoms with van der Waals surface area (Å²) < 4.78 is 32.1. The Hall–Kier alpha value is -2.47. The third-order valence-electron chi connectivity index (χ3n) is 4.04. The van der Waals surface area contributed by atoms with E-state index in [1.807, 2.05) is 0 Å². The molecule has 6 heteroatoms. The monoisotopic (exact) mass is 333 g/mol. The number of aromatic hydroxyl groups is 1. The predicted octanol–water partition coefficient (Wildman–Crippen LogP) is 3.25. The molecule has 1 unspecified atom stereocenters. The SMILES string of the molecule is O=C(OCC1CCCN1)c1cc(-c2ccc(F)cc2F)ccc1O. The number of hydrogen-bond acceptors (Lipinski definition) is 4. The van der Waals surface area contributed by atoms with Gasteiger partial charge in [-0.25, -0.2) is 13.6 Å². The van der Waals surface area contributed by atoms with Gasteiger partial charge in [0.05, 0.1) is 0 Å². The molecular formula is C18H17F2NO3. The maximum Gasteiger partial charge on any atom is 0.341 e. The van der Waals surface area contributed by atoms with Crippen LogP contribution in [-0.2, 0) is 4.74 Å². The number of phenols is 1. The summed E-state index contributed by atoms with van der Waals surface area (Å²) in [5.41, 5.74) is 0.452. The average molecular weight is 333 g/mol.